The molecule has 0 saturated carbocycles. The van der Waals surface area contributed by atoms with Gasteiger partial charge in [0.15, 0.2) is 16.4 Å². The van der Waals surface area contributed by atoms with Crippen LogP contribution in [0.5, 0.6) is 5.75 Å². The van der Waals surface area contributed by atoms with Crippen molar-refractivity contribution in [2.24, 2.45) is 0 Å². The molecule has 0 saturated heterocycles. The van der Waals surface area contributed by atoms with Crippen LogP contribution in [0.2, 0.25) is 0 Å². The Morgan fingerprint density at radius 3 is 2.79 bits per heavy atom. The zero-order valence-corrected chi connectivity index (χ0v) is 17.7. The minimum atomic E-state index is -3.32. The minimum Gasteiger partial charge on any atom is -0.484 e. The first-order chi connectivity index (χ1) is 13.8. The van der Waals surface area contributed by atoms with Crippen molar-refractivity contribution in [1.29, 1.82) is 0 Å². The molecule has 1 aromatic heterocycles. The van der Waals surface area contributed by atoms with Crippen molar-refractivity contribution < 1.29 is 17.9 Å². The van der Waals surface area contributed by atoms with Gasteiger partial charge in [-0.2, -0.15) is 0 Å². The monoisotopic (exact) mass is 428 g/mol. The van der Waals surface area contributed by atoms with Gasteiger partial charge in [-0.1, -0.05) is 12.1 Å². The molecule has 6 nitrogen and oxygen atoms in total. The molecule has 3 aromatic rings. The highest BCUT2D eigenvalue weighted by molar-refractivity contribution is 7.90. The summed E-state index contributed by atoms with van der Waals surface area (Å²) in [5, 5.41) is 3.06. The Kier molecular flexibility index (Phi) is 5.14. The number of aryl methyl sites for hydroxylation is 1. The lowest BCUT2D eigenvalue weighted by molar-refractivity contribution is -0.120. The first kappa shape index (κ1) is 19.6. The number of aromatic nitrogens is 1. The van der Waals surface area contributed by atoms with Crippen molar-refractivity contribution >= 4 is 32.8 Å². The van der Waals surface area contributed by atoms with E-state index in [1.54, 1.807) is 28.4 Å². The third-order valence-corrected chi connectivity index (χ3v) is 6.67. The van der Waals surface area contributed by atoms with Crippen LogP contribution in [0.25, 0.3) is 11.3 Å². The maximum Gasteiger partial charge on any atom is 0.264 e. The molecule has 2 aromatic carbocycles. The SMILES string of the molecule is Cc1nc(-c2ccc3c(c2)CCN3C(=O)COc2cccc(S(C)(=O)=O)c2)cs1. The smallest absolute Gasteiger partial charge is 0.264 e. The lowest BCUT2D eigenvalue weighted by Crippen LogP contribution is -2.33. The number of fused-ring (bicyclic) bond motifs is 1. The number of amides is 1. The molecular formula is C21H20N2O4S2. The number of thiazole rings is 1. The lowest BCUT2D eigenvalue weighted by atomic mass is 10.1. The highest BCUT2D eigenvalue weighted by atomic mass is 32.2. The summed E-state index contributed by atoms with van der Waals surface area (Å²) >= 11 is 1.62. The van der Waals surface area contributed by atoms with Crippen LogP contribution in [-0.2, 0) is 21.1 Å². The average Bonchev–Trinajstić information content (AvgIpc) is 3.31. The highest BCUT2D eigenvalue weighted by Crippen LogP contribution is 2.33. The molecule has 29 heavy (non-hydrogen) atoms. The summed E-state index contributed by atoms with van der Waals surface area (Å²) < 4.78 is 28.9. The number of sulfone groups is 1. The standard InChI is InChI=1S/C21H20N2O4S2/c1-14-22-19(13-28-14)15-6-7-20-16(10-15)8-9-23(20)21(24)12-27-17-4-3-5-18(11-17)29(2,25)26/h3-7,10-11,13H,8-9,12H2,1-2H3. The van der Waals surface area contributed by atoms with E-state index < -0.39 is 9.84 Å². The van der Waals surface area contributed by atoms with E-state index in [-0.39, 0.29) is 17.4 Å². The molecule has 0 fully saturated rings. The zero-order chi connectivity index (χ0) is 20.6. The number of anilines is 1. The summed E-state index contributed by atoms with van der Waals surface area (Å²) in [6.45, 7) is 2.42. The van der Waals surface area contributed by atoms with E-state index in [1.807, 2.05) is 24.4 Å². The second-order valence-electron chi connectivity index (χ2n) is 6.93. The Hall–Kier alpha value is -2.71. The van der Waals surface area contributed by atoms with Crippen LogP contribution in [0.15, 0.2) is 52.7 Å². The van der Waals surface area contributed by atoms with Crippen LogP contribution in [0.1, 0.15) is 10.6 Å². The Labute approximate surface area is 173 Å². The number of rotatable bonds is 5. The number of hydrogen-bond acceptors (Lipinski definition) is 6. The van der Waals surface area contributed by atoms with Crippen LogP contribution in [0.3, 0.4) is 0 Å². The van der Waals surface area contributed by atoms with Crippen LogP contribution >= 0.6 is 11.3 Å². The van der Waals surface area contributed by atoms with Gasteiger partial charge in [-0.05, 0) is 49.2 Å². The molecule has 4 rings (SSSR count). The average molecular weight is 429 g/mol. The van der Waals surface area contributed by atoms with Gasteiger partial charge in [0, 0.05) is 29.4 Å². The van der Waals surface area contributed by atoms with Crippen LogP contribution in [-0.4, -0.2) is 38.7 Å². The third kappa shape index (κ3) is 4.18. The van der Waals surface area contributed by atoms with E-state index in [9.17, 15) is 13.2 Å². The van der Waals surface area contributed by atoms with Gasteiger partial charge in [0.1, 0.15) is 5.75 Å². The van der Waals surface area contributed by atoms with Crippen molar-refractivity contribution in [3.05, 3.63) is 58.4 Å². The minimum absolute atomic E-state index is 0.153. The van der Waals surface area contributed by atoms with Gasteiger partial charge in [-0.3, -0.25) is 4.79 Å². The molecule has 1 amide bonds. The largest absolute Gasteiger partial charge is 0.484 e. The summed E-state index contributed by atoms with van der Waals surface area (Å²) in [5.41, 5.74) is 4.00. The molecule has 2 heterocycles. The molecular weight excluding hydrogens is 408 g/mol. The van der Waals surface area contributed by atoms with Gasteiger partial charge < -0.3 is 9.64 Å². The van der Waals surface area contributed by atoms with E-state index >= 15 is 0 Å². The molecule has 0 aliphatic carbocycles. The van der Waals surface area contributed by atoms with Crippen molar-refractivity contribution in [2.75, 3.05) is 24.3 Å². The number of carbonyl (C=O) groups is 1. The molecule has 0 spiro atoms. The van der Waals surface area contributed by atoms with Gasteiger partial charge in [0.25, 0.3) is 5.91 Å². The Morgan fingerprint density at radius 2 is 2.07 bits per heavy atom. The fourth-order valence-corrected chi connectivity index (χ4v) is 4.61. The number of hydrogen-bond donors (Lipinski definition) is 0. The predicted molar refractivity (Wildman–Crippen MR) is 113 cm³/mol. The van der Waals surface area contributed by atoms with Gasteiger partial charge in [0.05, 0.1) is 15.6 Å². The second-order valence-corrected chi connectivity index (χ2v) is 10.0. The first-order valence-electron chi connectivity index (χ1n) is 9.10. The molecule has 0 atom stereocenters. The van der Waals surface area contributed by atoms with Crippen LogP contribution in [0.4, 0.5) is 5.69 Å². The molecule has 0 N–H and O–H groups in total. The van der Waals surface area contributed by atoms with Gasteiger partial charge in [-0.15, -0.1) is 11.3 Å². The molecule has 0 bridgehead atoms. The Balaban J connectivity index is 1.46. The van der Waals surface area contributed by atoms with Gasteiger partial charge >= 0.3 is 0 Å². The molecule has 8 heteroatoms. The summed E-state index contributed by atoms with van der Waals surface area (Å²) in [7, 11) is -3.32. The molecule has 1 aliphatic rings. The van der Waals surface area contributed by atoms with E-state index in [1.165, 1.54) is 12.1 Å². The number of benzene rings is 2. The van der Waals surface area contributed by atoms with Gasteiger partial charge in [-0.25, -0.2) is 13.4 Å². The summed E-state index contributed by atoms with van der Waals surface area (Å²) in [6, 6.07) is 12.2. The summed E-state index contributed by atoms with van der Waals surface area (Å²) in [4.78, 5) is 19.1. The fraction of sp³-hybridized carbons (Fsp3) is 0.238. The topological polar surface area (TPSA) is 76.6 Å². The third-order valence-electron chi connectivity index (χ3n) is 4.79. The van der Waals surface area contributed by atoms with E-state index in [2.05, 4.69) is 11.1 Å². The maximum atomic E-state index is 12.7. The highest BCUT2D eigenvalue weighted by Gasteiger charge is 2.25. The van der Waals surface area contributed by atoms with Crippen LogP contribution < -0.4 is 9.64 Å². The normalized spacial score (nSPS) is 13.4. The number of carbonyl (C=O) groups excluding carboxylic acids is 1. The summed E-state index contributed by atoms with van der Waals surface area (Å²) in [5.74, 6) is 0.195. The molecule has 0 unspecified atom stereocenters. The van der Waals surface area contributed by atoms with E-state index in [4.69, 9.17) is 4.74 Å². The Bertz CT molecular complexity index is 1180. The fourth-order valence-electron chi connectivity index (χ4n) is 3.33. The number of nitrogens with zero attached hydrogens (tertiary/aromatic N) is 2. The molecule has 0 radical (unpaired) electrons. The van der Waals surface area contributed by atoms with Crippen LogP contribution in [0, 0.1) is 6.92 Å². The van der Waals surface area contributed by atoms with Crippen molar-refractivity contribution in [2.45, 2.75) is 18.2 Å². The Morgan fingerprint density at radius 1 is 1.24 bits per heavy atom. The summed E-state index contributed by atoms with van der Waals surface area (Å²) in [6.07, 6.45) is 1.92. The predicted octanol–water partition coefficient (Wildman–Crippen LogP) is 3.49. The van der Waals surface area contributed by atoms with Gasteiger partial charge in [0.2, 0.25) is 0 Å². The second kappa shape index (κ2) is 7.61. The zero-order valence-electron chi connectivity index (χ0n) is 16.1. The first-order valence-corrected chi connectivity index (χ1v) is 11.9. The van der Waals surface area contributed by atoms with Crippen molar-refractivity contribution in [1.82, 2.24) is 4.98 Å². The van der Waals surface area contributed by atoms with Crippen molar-refractivity contribution in [3.8, 4) is 17.0 Å². The number of ether oxygens (including phenoxy) is 1. The van der Waals surface area contributed by atoms with E-state index in [0.717, 1.165) is 40.2 Å². The molecule has 1 aliphatic heterocycles. The lowest BCUT2D eigenvalue weighted by Gasteiger charge is -2.18. The quantitative estimate of drug-likeness (QED) is 0.622. The maximum absolute atomic E-state index is 12.7. The molecule has 150 valence electrons. The van der Waals surface area contributed by atoms with Crippen molar-refractivity contribution in [3.63, 3.8) is 0 Å². The van der Waals surface area contributed by atoms with E-state index in [0.29, 0.717) is 12.3 Å².